The maximum absolute atomic E-state index is 13.9. The molecule has 1 aliphatic heterocycles. The number of aromatic nitrogens is 1. The molecule has 3 aromatic carbocycles. The second-order valence-electron chi connectivity index (χ2n) is 11.9. The van der Waals surface area contributed by atoms with Crippen LogP contribution in [0.4, 0.5) is 17.1 Å². The Kier molecular flexibility index (Phi) is 8.28. The van der Waals surface area contributed by atoms with Gasteiger partial charge in [-0.15, -0.1) is 0 Å². The summed E-state index contributed by atoms with van der Waals surface area (Å²) >= 11 is 0. The number of ketones is 2. The van der Waals surface area contributed by atoms with E-state index < -0.39 is 15.5 Å². The summed E-state index contributed by atoms with van der Waals surface area (Å²) < 4.78 is 40.6. The van der Waals surface area contributed by atoms with Crippen molar-refractivity contribution in [3.63, 3.8) is 0 Å². The second kappa shape index (κ2) is 11.2. The molecule has 6 rings (SSSR count). The Morgan fingerprint density at radius 3 is 2.42 bits per heavy atom. The van der Waals surface area contributed by atoms with Crippen molar-refractivity contribution >= 4 is 49.6 Å². The van der Waals surface area contributed by atoms with Gasteiger partial charge in [-0.25, -0.2) is 8.42 Å². The number of Topliss-reactive ketones (excluding diaryl/α,β-unsaturated/α-hetero) is 1. The first-order valence-electron chi connectivity index (χ1n) is 13.6. The number of fused-ring (bicyclic) bond motifs is 2. The summed E-state index contributed by atoms with van der Waals surface area (Å²) in [5.74, 6) is 0.383. The van der Waals surface area contributed by atoms with E-state index in [1.54, 1.807) is 19.1 Å². The molecule has 0 unspecified atom stereocenters. The number of rotatable bonds is 5. The average Bonchev–Trinajstić information content (AvgIpc) is 3.37. The topological polar surface area (TPSA) is 206 Å². The van der Waals surface area contributed by atoms with Crippen LogP contribution in [0.2, 0.25) is 0 Å². The quantitative estimate of drug-likeness (QED) is 0.184. The molecular formula is C31H38N5O6S+. The first-order valence-corrected chi connectivity index (χ1v) is 15.0. The van der Waals surface area contributed by atoms with Crippen LogP contribution in [0, 0.1) is 18.3 Å². The van der Waals surface area contributed by atoms with Crippen LogP contribution in [0.5, 0.6) is 0 Å². The van der Waals surface area contributed by atoms with Gasteiger partial charge in [0, 0.05) is 41.2 Å². The summed E-state index contributed by atoms with van der Waals surface area (Å²) in [6.07, 6.45) is 1.64. The summed E-state index contributed by atoms with van der Waals surface area (Å²) in [5, 5.41) is 8.36. The van der Waals surface area contributed by atoms with Crippen molar-refractivity contribution in [2.75, 3.05) is 23.3 Å². The monoisotopic (exact) mass is 608 g/mol. The van der Waals surface area contributed by atoms with Gasteiger partial charge in [-0.05, 0) is 49.6 Å². The largest absolute Gasteiger partial charge is 0.744 e. The maximum atomic E-state index is 13.9. The van der Waals surface area contributed by atoms with Crippen LogP contribution in [0.3, 0.4) is 0 Å². The molecule has 0 amide bonds. The maximum Gasteiger partial charge on any atom is 0.196 e. The first-order chi connectivity index (χ1) is 19.3. The smallest absolute Gasteiger partial charge is 0.196 e. The lowest BCUT2D eigenvalue weighted by Crippen LogP contribution is -2.42. The number of benzene rings is 3. The van der Waals surface area contributed by atoms with Gasteiger partial charge in [-0.3, -0.25) is 9.59 Å². The van der Waals surface area contributed by atoms with Gasteiger partial charge in [0.25, 0.3) is 0 Å². The Morgan fingerprint density at radius 2 is 1.77 bits per heavy atom. The number of piperidine rings is 1. The predicted molar refractivity (Wildman–Crippen MR) is 167 cm³/mol. The Labute approximate surface area is 250 Å². The lowest BCUT2D eigenvalue weighted by Gasteiger charge is -2.36. The fraction of sp³-hybridized carbons (Fsp3) is 0.323. The molecule has 1 aromatic heterocycles. The molecule has 0 saturated carbocycles. The average molecular weight is 609 g/mol. The van der Waals surface area contributed by atoms with Crippen LogP contribution in [0.25, 0.3) is 22.2 Å². The number of hydrogen-bond acceptors (Lipinski definition) is 9. The zero-order chi connectivity index (χ0) is 29.3. The zero-order valence-corrected chi connectivity index (χ0v) is 26.1. The minimum atomic E-state index is -4.62. The van der Waals surface area contributed by atoms with Gasteiger partial charge in [0.15, 0.2) is 11.5 Å². The SMILES string of the molecule is Cc1cc(S(=O)(=O)[O-])ccc1Nc1cc(N2CCC[C@H](C(=O)C(C)(C)C)C2)c2noc3c2c1C(=O)c1ccccc1-3.[NH4+].[NH4+]. The summed E-state index contributed by atoms with van der Waals surface area (Å²) in [5.41, 5.74) is 3.97. The van der Waals surface area contributed by atoms with Crippen LogP contribution in [0.15, 0.2) is 57.9 Å². The molecule has 1 atom stereocenters. The molecule has 1 aliphatic carbocycles. The number of nitrogens with zero attached hydrogens (tertiary/aromatic N) is 2. The van der Waals surface area contributed by atoms with Gasteiger partial charge < -0.3 is 31.6 Å². The molecule has 2 heterocycles. The van der Waals surface area contributed by atoms with E-state index in [-0.39, 0.29) is 34.7 Å². The lowest BCUT2D eigenvalue weighted by molar-refractivity contribution is -0.130. The molecule has 9 N–H and O–H groups in total. The van der Waals surface area contributed by atoms with Crippen LogP contribution >= 0.6 is 0 Å². The molecule has 0 radical (unpaired) electrons. The van der Waals surface area contributed by atoms with Crippen LogP contribution in [-0.4, -0.2) is 42.8 Å². The molecule has 0 bridgehead atoms. The zero-order valence-electron chi connectivity index (χ0n) is 25.3. The van der Waals surface area contributed by atoms with E-state index >= 15 is 0 Å². The molecule has 1 fully saturated rings. The summed E-state index contributed by atoms with van der Waals surface area (Å²) in [7, 11) is -4.62. The molecule has 43 heavy (non-hydrogen) atoms. The minimum Gasteiger partial charge on any atom is -0.744 e. The highest BCUT2D eigenvalue weighted by molar-refractivity contribution is 7.85. The van der Waals surface area contributed by atoms with Gasteiger partial charge in [0.2, 0.25) is 0 Å². The third-order valence-corrected chi connectivity index (χ3v) is 8.84. The number of hydrogen-bond donors (Lipinski definition) is 3. The van der Waals surface area contributed by atoms with Crippen LogP contribution in [-0.2, 0) is 14.9 Å². The highest BCUT2D eigenvalue weighted by Gasteiger charge is 2.37. The van der Waals surface area contributed by atoms with Crippen molar-refractivity contribution in [2.24, 2.45) is 11.3 Å². The molecule has 11 nitrogen and oxygen atoms in total. The van der Waals surface area contributed by atoms with Crippen molar-refractivity contribution in [3.8, 4) is 11.3 Å². The molecule has 4 aromatic rings. The van der Waals surface area contributed by atoms with Crippen molar-refractivity contribution in [2.45, 2.75) is 45.4 Å². The highest BCUT2D eigenvalue weighted by Crippen LogP contribution is 2.47. The minimum absolute atomic E-state index is 0. The van der Waals surface area contributed by atoms with Gasteiger partial charge in [-0.1, -0.05) is 50.2 Å². The van der Waals surface area contributed by atoms with Crippen LogP contribution < -0.4 is 22.5 Å². The summed E-state index contributed by atoms with van der Waals surface area (Å²) in [4.78, 5) is 29.0. The van der Waals surface area contributed by atoms with E-state index in [1.807, 2.05) is 39.0 Å². The van der Waals surface area contributed by atoms with Crippen LogP contribution in [0.1, 0.15) is 55.1 Å². The Hall–Kier alpha value is -4.10. The van der Waals surface area contributed by atoms with Crippen molar-refractivity contribution in [1.29, 1.82) is 0 Å². The second-order valence-corrected chi connectivity index (χ2v) is 13.3. The Morgan fingerprint density at radius 1 is 1.07 bits per heavy atom. The van der Waals surface area contributed by atoms with Gasteiger partial charge in [0.1, 0.15) is 21.4 Å². The van der Waals surface area contributed by atoms with E-state index in [2.05, 4.69) is 15.4 Å². The van der Waals surface area contributed by atoms with E-state index in [0.29, 0.717) is 63.4 Å². The molecular weight excluding hydrogens is 570 g/mol. The molecule has 1 saturated heterocycles. The van der Waals surface area contributed by atoms with E-state index in [9.17, 15) is 22.6 Å². The van der Waals surface area contributed by atoms with Crippen molar-refractivity contribution < 1.29 is 27.1 Å². The number of aryl methyl sites for hydroxylation is 1. The number of anilines is 3. The molecule has 228 valence electrons. The van der Waals surface area contributed by atoms with E-state index in [1.165, 1.54) is 18.2 Å². The molecule has 12 heteroatoms. The third kappa shape index (κ3) is 5.42. The first kappa shape index (κ1) is 31.8. The predicted octanol–water partition coefficient (Wildman–Crippen LogP) is 6.58. The number of quaternary nitrogens is 2. The molecule has 0 spiro atoms. The number of carbonyl (C=O) groups is 2. The van der Waals surface area contributed by atoms with Gasteiger partial charge in [0.05, 0.1) is 27.2 Å². The van der Waals surface area contributed by atoms with Gasteiger partial charge in [-0.2, -0.15) is 0 Å². The Balaban J connectivity index is 0.00000212. The summed E-state index contributed by atoms with van der Waals surface area (Å²) in [6, 6.07) is 13.2. The van der Waals surface area contributed by atoms with E-state index in [4.69, 9.17) is 4.52 Å². The van der Waals surface area contributed by atoms with Crippen molar-refractivity contribution in [1.82, 2.24) is 17.5 Å². The standard InChI is InChI=1S/C31H31N3O6S.2H3N/c1-17-14-19(41(37,38)39)11-12-22(17)32-23-15-24(34-13-7-8-18(16-34)30(36)31(2,3)4)27-26-25(23)28(35)20-9-5-6-10-21(20)29(26)40-33-27;;/h5-6,9-12,14-15,18,32H,7-8,13,16H2,1-4H3,(H,37,38,39);2*1H3/p+1/t18-;;/m0../s1. The highest BCUT2D eigenvalue weighted by atomic mass is 32.2. The van der Waals surface area contributed by atoms with E-state index in [0.717, 1.165) is 18.5 Å². The fourth-order valence-electron chi connectivity index (χ4n) is 5.98. The van der Waals surface area contributed by atoms with Gasteiger partial charge >= 0.3 is 0 Å². The summed E-state index contributed by atoms with van der Waals surface area (Å²) in [6.45, 7) is 8.74. The van der Waals surface area contributed by atoms with Crippen molar-refractivity contribution in [3.05, 3.63) is 65.2 Å². The number of nitrogens with one attached hydrogen (secondary N) is 1. The fourth-order valence-corrected chi connectivity index (χ4v) is 6.54. The normalized spacial score (nSPS) is 16.3. The third-order valence-electron chi connectivity index (χ3n) is 8.01. The lowest BCUT2D eigenvalue weighted by atomic mass is 9.79. The molecule has 2 aliphatic rings. The number of carbonyl (C=O) groups excluding carboxylic acids is 2. The Bertz CT molecular complexity index is 1860.